The molecular formula is C30H38N6O6. The summed E-state index contributed by atoms with van der Waals surface area (Å²) in [5.41, 5.74) is 13.3. The van der Waals surface area contributed by atoms with E-state index in [1.54, 1.807) is 12.1 Å². The second kappa shape index (κ2) is 13.9. The first-order valence-electron chi connectivity index (χ1n) is 14.2. The minimum Gasteiger partial charge on any atom is -0.508 e. The van der Waals surface area contributed by atoms with Gasteiger partial charge in [-0.15, -0.1) is 0 Å². The molecule has 7 N–H and O–H groups in total. The highest BCUT2D eigenvalue weighted by Gasteiger charge is 2.38. The Morgan fingerprint density at radius 1 is 0.833 bits per heavy atom. The highest BCUT2D eigenvalue weighted by atomic mass is 16.3. The van der Waals surface area contributed by atoms with E-state index in [0.717, 1.165) is 11.1 Å². The second-order valence-corrected chi connectivity index (χ2v) is 10.8. The van der Waals surface area contributed by atoms with Gasteiger partial charge in [0.1, 0.15) is 23.9 Å². The van der Waals surface area contributed by atoms with E-state index in [-0.39, 0.29) is 24.5 Å². The molecule has 12 heteroatoms. The lowest BCUT2D eigenvalue weighted by Gasteiger charge is -2.28. The van der Waals surface area contributed by atoms with Crippen LogP contribution in [0.4, 0.5) is 0 Å². The van der Waals surface area contributed by atoms with Crippen LogP contribution in [0, 0.1) is 0 Å². The summed E-state index contributed by atoms with van der Waals surface area (Å²) >= 11 is 0. The molecule has 224 valence electrons. The van der Waals surface area contributed by atoms with Crippen molar-refractivity contribution in [3.05, 3.63) is 65.7 Å². The number of rotatable bonds is 11. The molecule has 0 spiro atoms. The quantitative estimate of drug-likeness (QED) is 0.239. The minimum absolute atomic E-state index is 0.112. The number of carbonyl (C=O) groups is 5. The Kier molecular flexibility index (Phi) is 10.1. The van der Waals surface area contributed by atoms with Crippen LogP contribution in [-0.4, -0.2) is 88.2 Å². The number of likely N-dealkylation sites (tertiary alicyclic amines) is 2. The van der Waals surface area contributed by atoms with Gasteiger partial charge in [0.25, 0.3) is 0 Å². The van der Waals surface area contributed by atoms with Gasteiger partial charge in [0, 0.05) is 19.5 Å². The van der Waals surface area contributed by atoms with Crippen molar-refractivity contribution in [2.75, 3.05) is 19.6 Å². The monoisotopic (exact) mass is 578 g/mol. The number of nitrogens with two attached hydrogens (primary N) is 2. The van der Waals surface area contributed by atoms with Gasteiger partial charge >= 0.3 is 0 Å². The summed E-state index contributed by atoms with van der Waals surface area (Å²) in [4.78, 5) is 67.2. The summed E-state index contributed by atoms with van der Waals surface area (Å²) in [7, 11) is 0. The summed E-state index contributed by atoms with van der Waals surface area (Å²) in [6, 6.07) is 12.2. The van der Waals surface area contributed by atoms with Gasteiger partial charge in [-0.25, -0.2) is 0 Å². The number of phenols is 1. The molecular weight excluding hydrogens is 540 g/mol. The zero-order valence-electron chi connectivity index (χ0n) is 23.4. The topological polar surface area (TPSA) is 188 Å². The van der Waals surface area contributed by atoms with Crippen LogP contribution in [0.5, 0.6) is 5.75 Å². The molecule has 5 amide bonds. The third-order valence-corrected chi connectivity index (χ3v) is 7.75. The SMILES string of the molecule is NC(=O)C1CCCN1C(=O)C(Cc1ccccc1)NC(=O)CNC(=O)C1CCCN1C(=O)C(N)Cc1ccc(O)cc1. The minimum atomic E-state index is -0.959. The van der Waals surface area contributed by atoms with Crippen molar-refractivity contribution in [2.45, 2.75) is 62.7 Å². The van der Waals surface area contributed by atoms with Crippen LogP contribution in [0.15, 0.2) is 54.6 Å². The summed E-state index contributed by atoms with van der Waals surface area (Å²) in [6.45, 7) is 0.344. The van der Waals surface area contributed by atoms with Crippen LogP contribution in [0.25, 0.3) is 0 Å². The molecule has 4 rings (SSSR count). The fraction of sp³-hybridized carbons (Fsp3) is 0.433. The summed E-state index contributed by atoms with van der Waals surface area (Å²) in [6.07, 6.45) is 2.60. The van der Waals surface area contributed by atoms with Crippen molar-refractivity contribution < 1.29 is 29.1 Å². The molecule has 4 unspecified atom stereocenters. The number of primary amides is 1. The van der Waals surface area contributed by atoms with Gasteiger partial charge in [-0.3, -0.25) is 24.0 Å². The highest BCUT2D eigenvalue weighted by molar-refractivity contribution is 5.95. The fourth-order valence-electron chi connectivity index (χ4n) is 5.60. The molecule has 0 radical (unpaired) electrons. The van der Waals surface area contributed by atoms with E-state index in [0.29, 0.717) is 38.8 Å². The van der Waals surface area contributed by atoms with Gasteiger partial charge in [0.05, 0.1) is 12.6 Å². The molecule has 2 heterocycles. The maximum atomic E-state index is 13.4. The molecule has 42 heavy (non-hydrogen) atoms. The lowest BCUT2D eigenvalue weighted by atomic mass is 10.0. The first-order valence-corrected chi connectivity index (χ1v) is 14.2. The van der Waals surface area contributed by atoms with E-state index in [4.69, 9.17) is 11.5 Å². The van der Waals surface area contributed by atoms with Gasteiger partial charge in [-0.1, -0.05) is 42.5 Å². The Bertz CT molecular complexity index is 1290. The number of hydrogen-bond donors (Lipinski definition) is 5. The van der Waals surface area contributed by atoms with Crippen LogP contribution >= 0.6 is 0 Å². The Morgan fingerprint density at radius 2 is 1.43 bits per heavy atom. The van der Waals surface area contributed by atoms with Crippen molar-refractivity contribution in [3.8, 4) is 5.75 Å². The Balaban J connectivity index is 1.35. The lowest BCUT2D eigenvalue weighted by molar-refractivity contribution is -0.141. The van der Waals surface area contributed by atoms with Gasteiger partial charge in [-0.2, -0.15) is 0 Å². The molecule has 0 aromatic heterocycles. The predicted octanol–water partition coefficient (Wildman–Crippen LogP) is -0.427. The van der Waals surface area contributed by atoms with Crippen LogP contribution in [0.1, 0.15) is 36.8 Å². The van der Waals surface area contributed by atoms with E-state index in [1.807, 2.05) is 30.3 Å². The predicted molar refractivity (Wildman–Crippen MR) is 154 cm³/mol. The van der Waals surface area contributed by atoms with Gasteiger partial charge in [-0.05, 0) is 55.4 Å². The van der Waals surface area contributed by atoms with Crippen LogP contribution < -0.4 is 22.1 Å². The maximum Gasteiger partial charge on any atom is 0.246 e. The number of amides is 5. The first kappa shape index (κ1) is 30.5. The average molecular weight is 579 g/mol. The van der Waals surface area contributed by atoms with Gasteiger partial charge in [0.15, 0.2) is 0 Å². The van der Waals surface area contributed by atoms with Crippen molar-refractivity contribution >= 4 is 29.5 Å². The summed E-state index contributed by atoms with van der Waals surface area (Å²) in [5, 5.41) is 14.8. The molecule has 4 atom stereocenters. The number of carbonyl (C=O) groups excluding carboxylic acids is 5. The molecule has 0 aliphatic carbocycles. The van der Waals surface area contributed by atoms with Crippen LogP contribution in [0.2, 0.25) is 0 Å². The van der Waals surface area contributed by atoms with Crippen molar-refractivity contribution in [1.29, 1.82) is 0 Å². The molecule has 2 aromatic rings. The Hall–Kier alpha value is -4.45. The second-order valence-electron chi connectivity index (χ2n) is 10.8. The summed E-state index contributed by atoms with van der Waals surface area (Å²) < 4.78 is 0. The molecule has 2 saturated heterocycles. The van der Waals surface area contributed by atoms with Gasteiger partial charge in [0.2, 0.25) is 29.5 Å². The number of nitrogens with one attached hydrogen (secondary N) is 2. The Labute approximate surface area is 244 Å². The van der Waals surface area contributed by atoms with Crippen LogP contribution in [0.3, 0.4) is 0 Å². The third kappa shape index (κ3) is 7.64. The third-order valence-electron chi connectivity index (χ3n) is 7.75. The zero-order valence-corrected chi connectivity index (χ0v) is 23.4. The standard InChI is InChI=1S/C30H38N6O6/c31-22(16-20-10-12-21(37)13-11-20)29(41)36-15-5-9-25(36)28(40)33-18-26(38)34-23(17-19-6-2-1-3-7-19)30(42)35-14-4-8-24(35)27(32)39/h1-3,6-7,10-13,22-25,37H,4-5,8-9,14-18,31H2,(H2,32,39)(H,33,40)(H,34,38). The lowest BCUT2D eigenvalue weighted by Crippen LogP contribution is -2.56. The molecule has 2 aromatic carbocycles. The van der Waals surface area contributed by atoms with E-state index in [2.05, 4.69) is 10.6 Å². The first-order chi connectivity index (χ1) is 20.1. The highest BCUT2D eigenvalue weighted by Crippen LogP contribution is 2.21. The largest absolute Gasteiger partial charge is 0.508 e. The molecule has 0 bridgehead atoms. The van der Waals surface area contributed by atoms with E-state index >= 15 is 0 Å². The van der Waals surface area contributed by atoms with Crippen molar-refractivity contribution in [3.63, 3.8) is 0 Å². The number of benzene rings is 2. The van der Waals surface area contributed by atoms with E-state index < -0.39 is 54.3 Å². The average Bonchev–Trinajstić information content (AvgIpc) is 3.67. The molecule has 2 aliphatic rings. The number of phenolic OH excluding ortho intramolecular Hbond substituents is 1. The molecule has 2 fully saturated rings. The van der Waals surface area contributed by atoms with Crippen LogP contribution in [-0.2, 0) is 36.8 Å². The molecule has 0 saturated carbocycles. The fourth-order valence-corrected chi connectivity index (χ4v) is 5.60. The zero-order chi connectivity index (χ0) is 30.2. The van der Waals surface area contributed by atoms with Crippen molar-refractivity contribution in [1.82, 2.24) is 20.4 Å². The van der Waals surface area contributed by atoms with Gasteiger partial charge < -0.3 is 37.0 Å². The molecule has 12 nitrogen and oxygen atoms in total. The number of aromatic hydroxyl groups is 1. The Morgan fingerprint density at radius 3 is 2.07 bits per heavy atom. The number of nitrogens with zero attached hydrogens (tertiary/aromatic N) is 2. The van der Waals surface area contributed by atoms with E-state index in [1.165, 1.54) is 21.9 Å². The van der Waals surface area contributed by atoms with E-state index in [9.17, 15) is 29.1 Å². The molecule has 2 aliphatic heterocycles. The van der Waals surface area contributed by atoms with Crippen molar-refractivity contribution in [2.24, 2.45) is 11.5 Å². The maximum absolute atomic E-state index is 13.4. The number of hydrogen-bond acceptors (Lipinski definition) is 7. The smallest absolute Gasteiger partial charge is 0.246 e. The normalized spacial score (nSPS) is 19.6. The summed E-state index contributed by atoms with van der Waals surface area (Å²) in [5.74, 6) is -2.31.